The molecule has 0 radical (unpaired) electrons. The van der Waals surface area contributed by atoms with Crippen LogP contribution in [0.15, 0.2) is 18.2 Å². The van der Waals surface area contributed by atoms with Crippen molar-refractivity contribution in [3.63, 3.8) is 0 Å². The summed E-state index contributed by atoms with van der Waals surface area (Å²) in [5.74, 6) is 0.647. The summed E-state index contributed by atoms with van der Waals surface area (Å²) in [6, 6.07) is 2.68. The van der Waals surface area contributed by atoms with E-state index in [1.165, 1.54) is 11.8 Å². The quantitative estimate of drug-likeness (QED) is 0.510. The second-order valence-corrected chi connectivity index (χ2v) is 4.39. The van der Waals surface area contributed by atoms with Crippen molar-refractivity contribution in [2.75, 3.05) is 23.9 Å². The minimum absolute atomic E-state index is 0.137. The first-order chi connectivity index (χ1) is 8.36. The van der Waals surface area contributed by atoms with E-state index in [1.54, 1.807) is 0 Å². The van der Waals surface area contributed by atoms with Gasteiger partial charge in [0.1, 0.15) is 0 Å². The predicted octanol–water partition coefficient (Wildman–Crippen LogP) is 3.39. The first-order valence-electron chi connectivity index (χ1n) is 4.94. The second kappa shape index (κ2) is 5.94. The van der Waals surface area contributed by atoms with E-state index in [2.05, 4.69) is 5.32 Å². The fraction of sp³-hybridized carbons (Fsp3) is 0.400. The number of rotatable bonds is 5. The molecule has 0 aliphatic rings. The molecular formula is C10H11F3N2O2S. The number of nitro groups is 1. The average molecular weight is 280 g/mol. The molecule has 0 saturated carbocycles. The Balaban J connectivity index is 3.05. The van der Waals surface area contributed by atoms with Gasteiger partial charge in [0.15, 0.2) is 0 Å². The third-order valence-corrected chi connectivity index (χ3v) is 2.75. The van der Waals surface area contributed by atoms with E-state index in [4.69, 9.17) is 0 Å². The van der Waals surface area contributed by atoms with Crippen molar-refractivity contribution in [3.05, 3.63) is 33.9 Å². The van der Waals surface area contributed by atoms with E-state index in [0.717, 1.165) is 12.1 Å². The van der Waals surface area contributed by atoms with Gasteiger partial charge in [0.25, 0.3) is 5.69 Å². The fourth-order valence-electron chi connectivity index (χ4n) is 1.32. The zero-order valence-corrected chi connectivity index (χ0v) is 10.3. The highest BCUT2D eigenvalue weighted by Crippen LogP contribution is 2.36. The molecule has 0 saturated heterocycles. The number of halogens is 3. The van der Waals surface area contributed by atoms with Gasteiger partial charge in [-0.05, 0) is 12.3 Å². The topological polar surface area (TPSA) is 55.2 Å². The van der Waals surface area contributed by atoms with Gasteiger partial charge in [0.2, 0.25) is 0 Å². The van der Waals surface area contributed by atoms with Gasteiger partial charge in [-0.25, -0.2) is 0 Å². The highest BCUT2D eigenvalue weighted by atomic mass is 32.2. The Morgan fingerprint density at radius 1 is 1.44 bits per heavy atom. The average Bonchev–Trinajstić information content (AvgIpc) is 2.28. The minimum atomic E-state index is -4.62. The van der Waals surface area contributed by atoms with Gasteiger partial charge in [0.05, 0.1) is 10.5 Å². The molecule has 0 aliphatic carbocycles. The molecule has 0 aliphatic heterocycles. The maximum Gasteiger partial charge on any atom is 0.418 e. The number of benzene rings is 1. The molecule has 1 aromatic carbocycles. The van der Waals surface area contributed by atoms with Crippen LogP contribution in [0.2, 0.25) is 0 Å². The van der Waals surface area contributed by atoms with Gasteiger partial charge >= 0.3 is 6.18 Å². The Labute approximate surface area is 106 Å². The highest BCUT2D eigenvalue weighted by molar-refractivity contribution is 7.98. The number of non-ortho nitro benzene ring substituents is 1. The number of alkyl halides is 3. The predicted molar refractivity (Wildman–Crippen MR) is 65.0 cm³/mol. The number of hydrogen-bond donors (Lipinski definition) is 1. The molecule has 18 heavy (non-hydrogen) atoms. The Hall–Kier alpha value is -1.44. The summed E-state index contributed by atoms with van der Waals surface area (Å²) in [6.45, 7) is 0.363. The maximum atomic E-state index is 12.7. The van der Waals surface area contributed by atoms with Crippen molar-refractivity contribution in [2.45, 2.75) is 6.18 Å². The Kier molecular flexibility index (Phi) is 4.83. The Morgan fingerprint density at radius 3 is 2.61 bits per heavy atom. The van der Waals surface area contributed by atoms with Crippen LogP contribution in [0.4, 0.5) is 24.5 Å². The molecule has 0 atom stereocenters. The van der Waals surface area contributed by atoms with Crippen molar-refractivity contribution in [1.29, 1.82) is 0 Å². The van der Waals surface area contributed by atoms with Crippen LogP contribution < -0.4 is 5.32 Å². The molecule has 0 heterocycles. The molecule has 1 rings (SSSR count). The maximum absolute atomic E-state index is 12.7. The van der Waals surface area contributed by atoms with Gasteiger partial charge in [-0.2, -0.15) is 24.9 Å². The summed E-state index contributed by atoms with van der Waals surface area (Å²) in [7, 11) is 0. The molecule has 0 unspecified atom stereocenters. The standard InChI is InChI=1S/C10H11F3N2O2S/c1-18-5-4-14-9-3-2-7(15(16)17)6-8(9)10(11,12)13/h2-3,6,14H,4-5H2,1H3. The lowest BCUT2D eigenvalue weighted by atomic mass is 10.1. The lowest BCUT2D eigenvalue weighted by Gasteiger charge is -2.13. The summed E-state index contributed by atoms with van der Waals surface area (Å²) in [5.41, 5.74) is -1.72. The van der Waals surface area contributed by atoms with E-state index >= 15 is 0 Å². The van der Waals surface area contributed by atoms with Crippen LogP contribution in [0.5, 0.6) is 0 Å². The number of nitrogens with zero attached hydrogens (tertiary/aromatic N) is 1. The summed E-state index contributed by atoms with van der Waals surface area (Å²) in [5, 5.41) is 13.1. The first kappa shape index (κ1) is 14.6. The molecule has 1 aromatic rings. The van der Waals surface area contributed by atoms with Crippen molar-refractivity contribution in [3.8, 4) is 0 Å². The van der Waals surface area contributed by atoms with Gasteiger partial charge in [-0.1, -0.05) is 0 Å². The molecule has 0 fully saturated rings. The smallest absolute Gasteiger partial charge is 0.384 e. The number of thioether (sulfide) groups is 1. The summed E-state index contributed by atoms with van der Waals surface area (Å²) >= 11 is 1.49. The zero-order valence-electron chi connectivity index (χ0n) is 9.45. The number of nitrogens with one attached hydrogen (secondary N) is 1. The molecule has 100 valence electrons. The zero-order chi connectivity index (χ0) is 13.8. The number of hydrogen-bond acceptors (Lipinski definition) is 4. The number of anilines is 1. The summed E-state index contributed by atoms with van der Waals surface area (Å²) in [4.78, 5) is 9.62. The molecule has 4 nitrogen and oxygen atoms in total. The van der Waals surface area contributed by atoms with Gasteiger partial charge in [-0.15, -0.1) is 0 Å². The summed E-state index contributed by atoms with van der Waals surface area (Å²) < 4.78 is 38.2. The van der Waals surface area contributed by atoms with E-state index < -0.39 is 22.4 Å². The Bertz CT molecular complexity index is 438. The lowest BCUT2D eigenvalue weighted by Crippen LogP contribution is -2.13. The molecular weight excluding hydrogens is 269 g/mol. The summed E-state index contributed by atoms with van der Waals surface area (Å²) in [6.07, 6.45) is -2.78. The van der Waals surface area contributed by atoms with Gasteiger partial charge < -0.3 is 5.32 Å². The third kappa shape index (κ3) is 3.80. The molecule has 0 bridgehead atoms. The second-order valence-electron chi connectivity index (χ2n) is 3.40. The Morgan fingerprint density at radius 2 is 2.11 bits per heavy atom. The molecule has 0 spiro atoms. The van der Waals surface area contributed by atoms with E-state index in [9.17, 15) is 23.3 Å². The molecule has 8 heteroatoms. The SMILES string of the molecule is CSCCNc1ccc([N+](=O)[O-])cc1C(F)(F)F. The van der Waals surface area contributed by atoms with E-state index in [0.29, 0.717) is 18.4 Å². The van der Waals surface area contributed by atoms with Gasteiger partial charge in [-0.3, -0.25) is 10.1 Å². The monoisotopic (exact) mass is 280 g/mol. The minimum Gasteiger partial charge on any atom is -0.384 e. The van der Waals surface area contributed by atoms with E-state index in [-0.39, 0.29) is 5.69 Å². The van der Waals surface area contributed by atoms with Crippen molar-refractivity contribution < 1.29 is 18.1 Å². The van der Waals surface area contributed by atoms with Crippen LogP contribution in [0, 0.1) is 10.1 Å². The van der Waals surface area contributed by atoms with Crippen molar-refractivity contribution in [2.24, 2.45) is 0 Å². The lowest BCUT2D eigenvalue weighted by molar-refractivity contribution is -0.385. The van der Waals surface area contributed by atoms with Crippen LogP contribution >= 0.6 is 11.8 Å². The normalized spacial score (nSPS) is 11.3. The van der Waals surface area contributed by atoms with Crippen molar-refractivity contribution in [1.82, 2.24) is 0 Å². The third-order valence-electron chi connectivity index (χ3n) is 2.14. The molecule has 0 aromatic heterocycles. The largest absolute Gasteiger partial charge is 0.418 e. The fourth-order valence-corrected chi connectivity index (χ4v) is 1.63. The van der Waals surface area contributed by atoms with Crippen LogP contribution in [0.25, 0.3) is 0 Å². The van der Waals surface area contributed by atoms with Gasteiger partial charge in [0, 0.05) is 30.1 Å². The van der Waals surface area contributed by atoms with Crippen LogP contribution in [0.3, 0.4) is 0 Å². The van der Waals surface area contributed by atoms with E-state index in [1.807, 2.05) is 6.26 Å². The van der Waals surface area contributed by atoms with Crippen LogP contribution in [-0.4, -0.2) is 23.5 Å². The number of nitro benzene ring substituents is 1. The van der Waals surface area contributed by atoms with Crippen LogP contribution in [0.1, 0.15) is 5.56 Å². The molecule has 0 amide bonds. The van der Waals surface area contributed by atoms with Crippen LogP contribution in [-0.2, 0) is 6.18 Å². The highest BCUT2D eigenvalue weighted by Gasteiger charge is 2.35. The van der Waals surface area contributed by atoms with Crippen molar-refractivity contribution >= 4 is 23.1 Å². The first-order valence-corrected chi connectivity index (χ1v) is 6.34. The molecule has 1 N–H and O–H groups in total.